The predicted molar refractivity (Wildman–Crippen MR) is 82.4 cm³/mol. The molecule has 0 bridgehead atoms. The molecule has 0 amide bonds. The van der Waals surface area contributed by atoms with Crippen LogP contribution in [-0.4, -0.2) is 23.8 Å². The molecule has 21 heavy (non-hydrogen) atoms. The van der Waals surface area contributed by atoms with Crippen molar-refractivity contribution in [3.8, 4) is 12.3 Å². The molecule has 0 radical (unpaired) electrons. The molecule has 1 aliphatic rings. The van der Waals surface area contributed by atoms with Crippen LogP contribution >= 0.6 is 0 Å². The van der Waals surface area contributed by atoms with Gasteiger partial charge < -0.3 is 4.90 Å². The van der Waals surface area contributed by atoms with Gasteiger partial charge in [0.25, 0.3) is 0 Å². The lowest BCUT2D eigenvalue weighted by Crippen LogP contribution is -2.41. The van der Waals surface area contributed by atoms with E-state index in [0.29, 0.717) is 5.84 Å². The lowest BCUT2D eigenvalue weighted by molar-refractivity contribution is 0.328. The number of nitrogens with zero attached hydrogens (tertiary/aromatic N) is 4. The Morgan fingerprint density at radius 3 is 2.38 bits per heavy atom. The summed E-state index contributed by atoms with van der Waals surface area (Å²) in [5.41, 5.74) is 1.10. The fraction of sp³-hybridized carbons (Fsp3) is 0.471. The molecule has 1 saturated heterocycles. The summed E-state index contributed by atoms with van der Waals surface area (Å²) in [6, 6.07) is 12.3. The third-order valence-corrected chi connectivity index (χ3v) is 4.09. The first-order chi connectivity index (χ1) is 10.3. The van der Waals surface area contributed by atoms with Crippen molar-refractivity contribution < 1.29 is 0 Å². The molecule has 0 N–H and O–H groups in total. The molecule has 2 atom stereocenters. The van der Waals surface area contributed by atoms with Crippen LogP contribution in [0.25, 0.3) is 0 Å². The molecule has 0 aliphatic carbocycles. The molecule has 0 saturated carbocycles. The Morgan fingerprint density at radius 2 is 1.81 bits per heavy atom. The molecule has 0 spiro atoms. The quantitative estimate of drug-likeness (QED) is 0.485. The zero-order valence-corrected chi connectivity index (χ0v) is 12.4. The molecule has 1 aliphatic heterocycles. The number of hydrogen-bond acceptors (Lipinski definition) is 3. The van der Waals surface area contributed by atoms with Gasteiger partial charge in [0.05, 0.1) is 6.07 Å². The van der Waals surface area contributed by atoms with Crippen LogP contribution in [0.1, 0.15) is 37.7 Å². The van der Waals surface area contributed by atoms with Gasteiger partial charge in [-0.05, 0) is 24.8 Å². The van der Waals surface area contributed by atoms with Gasteiger partial charge in [-0.1, -0.05) is 37.3 Å². The van der Waals surface area contributed by atoms with Crippen molar-refractivity contribution in [3.63, 3.8) is 0 Å². The summed E-state index contributed by atoms with van der Waals surface area (Å²) in [7, 11) is 0. The SMILES string of the molecule is CC(c1ccccc1)C(C#N)C(=NC#N)N1CCCCC1. The van der Waals surface area contributed by atoms with E-state index in [9.17, 15) is 5.26 Å². The maximum absolute atomic E-state index is 9.62. The molecule has 4 nitrogen and oxygen atoms in total. The molecular formula is C17H20N4. The number of amidine groups is 1. The van der Waals surface area contributed by atoms with E-state index in [1.165, 1.54) is 6.42 Å². The Hall–Kier alpha value is -2.33. The molecule has 4 heteroatoms. The number of hydrogen-bond donors (Lipinski definition) is 0. The second-order valence-electron chi connectivity index (χ2n) is 5.42. The van der Waals surface area contributed by atoms with Gasteiger partial charge in [-0.25, -0.2) is 0 Å². The first-order valence-corrected chi connectivity index (χ1v) is 7.44. The van der Waals surface area contributed by atoms with Crippen LogP contribution in [0.3, 0.4) is 0 Å². The lowest BCUT2D eigenvalue weighted by atomic mass is 9.86. The molecule has 0 aromatic heterocycles. The van der Waals surface area contributed by atoms with E-state index in [0.717, 1.165) is 31.5 Å². The average molecular weight is 280 g/mol. The lowest BCUT2D eigenvalue weighted by Gasteiger charge is -2.33. The second kappa shape index (κ2) is 7.45. The van der Waals surface area contributed by atoms with Crippen molar-refractivity contribution in [1.29, 1.82) is 10.5 Å². The van der Waals surface area contributed by atoms with Crippen LogP contribution in [0.2, 0.25) is 0 Å². The molecule has 1 aromatic carbocycles. The summed E-state index contributed by atoms with van der Waals surface area (Å²) >= 11 is 0. The Balaban J connectivity index is 2.26. The number of benzene rings is 1. The van der Waals surface area contributed by atoms with E-state index in [2.05, 4.69) is 16.0 Å². The minimum Gasteiger partial charge on any atom is -0.358 e. The van der Waals surface area contributed by atoms with Crippen LogP contribution in [0.15, 0.2) is 35.3 Å². The van der Waals surface area contributed by atoms with E-state index in [1.54, 1.807) is 0 Å². The van der Waals surface area contributed by atoms with Gasteiger partial charge in [0.2, 0.25) is 6.19 Å². The maximum Gasteiger partial charge on any atom is 0.207 e. The molecule has 108 valence electrons. The minimum atomic E-state index is -0.384. The number of piperidine rings is 1. The number of aliphatic imine (C=N–C) groups is 1. The molecule has 1 aromatic rings. The van der Waals surface area contributed by atoms with Crippen LogP contribution < -0.4 is 0 Å². The third kappa shape index (κ3) is 3.61. The van der Waals surface area contributed by atoms with Crippen LogP contribution in [0.4, 0.5) is 0 Å². The van der Waals surface area contributed by atoms with Gasteiger partial charge in [0.15, 0.2) is 0 Å². The zero-order chi connectivity index (χ0) is 15.1. The first-order valence-electron chi connectivity index (χ1n) is 7.44. The van der Waals surface area contributed by atoms with Gasteiger partial charge in [-0.15, -0.1) is 0 Å². The average Bonchev–Trinajstić information content (AvgIpc) is 2.56. The van der Waals surface area contributed by atoms with Gasteiger partial charge in [0, 0.05) is 19.0 Å². The Labute approximate surface area is 126 Å². The van der Waals surface area contributed by atoms with Crippen molar-refractivity contribution in [2.75, 3.05) is 13.1 Å². The monoisotopic (exact) mass is 280 g/mol. The molecule has 2 unspecified atom stereocenters. The van der Waals surface area contributed by atoms with E-state index < -0.39 is 0 Å². The van der Waals surface area contributed by atoms with E-state index >= 15 is 0 Å². The van der Waals surface area contributed by atoms with Gasteiger partial charge >= 0.3 is 0 Å². The summed E-state index contributed by atoms with van der Waals surface area (Å²) in [4.78, 5) is 6.10. The predicted octanol–water partition coefficient (Wildman–Crippen LogP) is 3.30. The second-order valence-corrected chi connectivity index (χ2v) is 5.42. The van der Waals surface area contributed by atoms with Gasteiger partial charge in [-0.2, -0.15) is 15.5 Å². The van der Waals surface area contributed by atoms with Crippen LogP contribution in [-0.2, 0) is 0 Å². The van der Waals surface area contributed by atoms with Crippen molar-refractivity contribution >= 4 is 5.84 Å². The molecule has 1 heterocycles. The third-order valence-electron chi connectivity index (χ3n) is 4.09. The first kappa shape index (κ1) is 15.1. The van der Waals surface area contributed by atoms with Gasteiger partial charge in [0.1, 0.15) is 11.8 Å². The summed E-state index contributed by atoms with van der Waals surface area (Å²) in [6.45, 7) is 3.81. The standard InChI is InChI=1S/C17H20N4/c1-14(15-8-4-2-5-9-15)16(12-18)17(20-13-19)21-10-6-3-7-11-21/h2,4-5,8-9,14,16H,3,6-7,10-11H2,1H3. The van der Waals surface area contributed by atoms with Crippen molar-refractivity contribution in [3.05, 3.63) is 35.9 Å². The smallest absolute Gasteiger partial charge is 0.207 e. The summed E-state index contributed by atoms with van der Waals surface area (Å²) < 4.78 is 0. The van der Waals surface area contributed by atoms with Crippen LogP contribution in [0, 0.1) is 28.7 Å². The van der Waals surface area contributed by atoms with Crippen molar-refractivity contribution in [2.45, 2.75) is 32.1 Å². The number of rotatable bonds is 3. The zero-order valence-electron chi connectivity index (χ0n) is 12.4. The molecular weight excluding hydrogens is 260 g/mol. The fourth-order valence-electron chi connectivity index (χ4n) is 2.85. The Morgan fingerprint density at radius 1 is 1.14 bits per heavy atom. The summed E-state index contributed by atoms with van der Waals surface area (Å²) in [5, 5.41) is 18.6. The van der Waals surface area contributed by atoms with E-state index in [1.807, 2.05) is 43.4 Å². The van der Waals surface area contributed by atoms with Crippen LogP contribution in [0.5, 0.6) is 0 Å². The summed E-state index contributed by atoms with van der Waals surface area (Å²) in [5.74, 6) is 0.270. The fourth-order valence-corrected chi connectivity index (χ4v) is 2.85. The van der Waals surface area contributed by atoms with Gasteiger partial charge in [-0.3, -0.25) is 0 Å². The largest absolute Gasteiger partial charge is 0.358 e. The highest BCUT2D eigenvalue weighted by molar-refractivity contribution is 5.88. The molecule has 2 rings (SSSR count). The van der Waals surface area contributed by atoms with Crippen molar-refractivity contribution in [1.82, 2.24) is 4.90 Å². The maximum atomic E-state index is 9.62. The number of likely N-dealkylation sites (tertiary alicyclic amines) is 1. The minimum absolute atomic E-state index is 0.0187. The number of nitriles is 2. The van der Waals surface area contributed by atoms with Crippen molar-refractivity contribution in [2.24, 2.45) is 10.9 Å². The van der Waals surface area contributed by atoms with E-state index in [-0.39, 0.29) is 11.8 Å². The Kier molecular flexibility index (Phi) is 5.35. The Bertz CT molecular complexity index is 559. The normalized spacial score (nSPS) is 18.4. The highest BCUT2D eigenvalue weighted by Gasteiger charge is 2.29. The molecule has 1 fully saturated rings. The topological polar surface area (TPSA) is 63.2 Å². The highest BCUT2D eigenvalue weighted by Crippen LogP contribution is 2.27. The summed E-state index contributed by atoms with van der Waals surface area (Å²) in [6.07, 6.45) is 5.29. The van der Waals surface area contributed by atoms with E-state index in [4.69, 9.17) is 5.26 Å². The highest BCUT2D eigenvalue weighted by atomic mass is 15.2.